The van der Waals surface area contributed by atoms with E-state index in [1.807, 2.05) is 0 Å². The first-order chi connectivity index (χ1) is 9.58. The van der Waals surface area contributed by atoms with Gasteiger partial charge in [-0.3, -0.25) is 5.10 Å². The predicted octanol–water partition coefficient (Wildman–Crippen LogP) is -1.03. The van der Waals surface area contributed by atoms with E-state index in [2.05, 4.69) is 20.5 Å². The van der Waals surface area contributed by atoms with Gasteiger partial charge in [-0.1, -0.05) is 0 Å². The summed E-state index contributed by atoms with van der Waals surface area (Å²) >= 11 is 0. The normalized spacial score (nSPS) is 21.9. The zero-order valence-corrected chi connectivity index (χ0v) is 10.8. The lowest BCUT2D eigenvalue weighted by Gasteiger charge is -2.21. The van der Waals surface area contributed by atoms with Gasteiger partial charge in [-0.15, -0.1) is 0 Å². The van der Waals surface area contributed by atoms with Gasteiger partial charge in [0.05, 0.1) is 6.10 Å². The molecule has 9 heteroatoms. The molecule has 2 heterocycles. The molecule has 110 valence electrons. The van der Waals surface area contributed by atoms with E-state index in [-0.39, 0.29) is 13.0 Å². The fraction of sp³-hybridized carbons (Fsp3) is 0.636. The average molecular weight is 283 g/mol. The predicted molar refractivity (Wildman–Crippen MR) is 66.9 cm³/mol. The number of β-amino-alcohol motifs (C(OH)–C–C–N with tert-alkyl or cyclic N) is 1. The highest BCUT2D eigenvalue weighted by Gasteiger charge is 2.38. The Hall–Kier alpha value is -2.16. The maximum Gasteiger partial charge on any atom is 0.326 e. The smallest absolute Gasteiger partial charge is 0.326 e. The molecule has 9 nitrogen and oxygen atoms in total. The zero-order chi connectivity index (χ0) is 14.5. The van der Waals surface area contributed by atoms with E-state index in [1.54, 1.807) is 0 Å². The molecule has 1 aliphatic rings. The van der Waals surface area contributed by atoms with Crippen LogP contribution in [0.4, 0.5) is 4.79 Å². The fourth-order valence-corrected chi connectivity index (χ4v) is 2.18. The third-order valence-electron chi connectivity index (χ3n) is 3.16. The highest BCUT2D eigenvalue weighted by molar-refractivity contribution is 5.83. The van der Waals surface area contributed by atoms with Crippen LogP contribution in [0.3, 0.4) is 0 Å². The highest BCUT2D eigenvalue weighted by atomic mass is 16.4. The van der Waals surface area contributed by atoms with Gasteiger partial charge in [-0.25, -0.2) is 14.6 Å². The minimum atomic E-state index is -1.10. The molecule has 0 saturated carbocycles. The quantitative estimate of drug-likeness (QED) is 0.511. The SMILES string of the molecule is O=C(O)C1CC(O)CN1C(=O)NCCCc1ncn[nH]1. The second-order valence-corrected chi connectivity index (χ2v) is 4.66. The van der Waals surface area contributed by atoms with Crippen molar-refractivity contribution in [2.24, 2.45) is 0 Å². The van der Waals surface area contributed by atoms with Crippen LogP contribution in [0.5, 0.6) is 0 Å². The largest absolute Gasteiger partial charge is 0.480 e. The van der Waals surface area contributed by atoms with Gasteiger partial charge in [0.25, 0.3) is 0 Å². The Kier molecular flexibility index (Phi) is 4.51. The number of aromatic nitrogens is 3. The molecule has 0 aliphatic carbocycles. The summed E-state index contributed by atoms with van der Waals surface area (Å²) in [6.45, 7) is 0.448. The molecule has 1 fully saturated rings. The third-order valence-corrected chi connectivity index (χ3v) is 3.16. The number of carboxylic acids is 1. The number of hydrogen-bond acceptors (Lipinski definition) is 5. The number of carbonyl (C=O) groups is 2. The van der Waals surface area contributed by atoms with Crippen molar-refractivity contribution >= 4 is 12.0 Å². The van der Waals surface area contributed by atoms with Crippen LogP contribution in [-0.4, -0.2) is 67.5 Å². The summed E-state index contributed by atoms with van der Waals surface area (Å²) in [5, 5.41) is 27.5. The number of aromatic amines is 1. The van der Waals surface area contributed by atoms with Gasteiger partial charge >= 0.3 is 12.0 Å². The summed E-state index contributed by atoms with van der Waals surface area (Å²) in [4.78, 5) is 28.0. The molecular weight excluding hydrogens is 266 g/mol. The Morgan fingerprint density at radius 1 is 1.55 bits per heavy atom. The van der Waals surface area contributed by atoms with Gasteiger partial charge in [0.2, 0.25) is 0 Å². The number of aliphatic hydroxyl groups excluding tert-OH is 1. The summed E-state index contributed by atoms with van der Waals surface area (Å²) in [6.07, 6.45) is 2.01. The van der Waals surface area contributed by atoms with Crippen molar-refractivity contribution in [1.82, 2.24) is 25.4 Å². The van der Waals surface area contributed by atoms with Crippen LogP contribution >= 0.6 is 0 Å². The Morgan fingerprint density at radius 3 is 3.00 bits per heavy atom. The van der Waals surface area contributed by atoms with Crippen molar-refractivity contribution in [3.05, 3.63) is 12.2 Å². The van der Waals surface area contributed by atoms with Crippen LogP contribution in [0.25, 0.3) is 0 Å². The third kappa shape index (κ3) is 3.44. The minimum absolute atomic E-state index is 0.0465. The van der Waals surface area contributed by atoms with Crippen molar-refractivity contribution in [2.45, 2.75) is 31.4 Å². The number of hydrogen-bond donors (Lipinski definition) is 4. The lowest BCUT2D eigenvalue weighted by molar-refractivity contribution is -0.141. The molecule has 4 N–H and O–H groups in total. The van der Waals surface area contributed by atoms with E-state index in [0.29, 0.717) is 19.4 Å². The molecule has 2 rings (SSSR count). The Morgan fingerprint density at radius 2 is 2.35 bits per heavy atom. The summed E-state index contributed by atoms with van der Waals surface area (Å²) in [7, 11) is 0. The van der Waals surface area contributed by atoms with E-state index < -0.39 is 24.1 Å². The van der Waals surface area contributed by atoms with Crippen LogP contribution in [0, 0.1) is 0 Å². The topological polar surface area (TPSA) is 131 Å². The second kappa shape index (κ2) is 6.33. The molecule has 2 atom stereocenters. The average Bonchev–Trinajstić information content (AvgIpc) is 3.03. The number of aryl methyl sites for hydroxylation is 1. The van der Waals surface area contributed by atoms with Crippen molar-refractivity contribution in [1.29, 1.82) is 0 Å². The number of H-pyrrole nitrogens is 1. The highest BCUT2D eigenvalue weighted by Crippen LogP contribution is 2.17. The number of rotatable bonds is 5. The van der Waals surface area contributed by atoms with Crippen molar-refractivity contribution in [2.75, 3.05) is 13.1 Å². The minimum Gasteiger partial charge on any atom is -0.480 e. The Bertz CT molecular complexity index is 463. The number of carbonyl (C=O) groups excluding carboxylic acids is 1. The van der Waals surface area contributed by atoms with E-state index in [4.69, 9.17) is 5.11 Å². The molecule has 1 saturated heterocycles. The van der Waals surface area contributed by atoms with Gasteiger partial charge < -0.3 is 20.4 Å². The maximum absolute atomic E-state index is 11.9. The first-order valence-corrected chi connectivity index (χ1v) is 6.37. The number of nitrogens with zero attached hydrogens (tertiary/aromatic N) is 3. The second-order valence-electron chi connectivity index (χ2n) is 4.66. The van der Waals surface area contributed by atoms with E-state index >= 15 is 0 Å². The van der Waals surface area contributed by atoms with Gasteiger partial charge in [0.1, 0.15) is 18.2 Å². The van der Waals surface area contributed by atoms with Crippen molar-refractivity contribution < 1.29 is 19.8 Å². The number of likely N-dealkylation sites (tertiary alicyclic amines) is 1. The van der Waals surface area contributed by atoms with Gasteiger partial charge in [-0.05, 0) is 6.42 Å². The summed E-state index contributed by atoms with van der Waals surface area (Å²) in [5.74, 6) is -0.363. The number of aliphatic carboxylic acids is 1. The fourth-order valence-electron chi connectivity index (χ4n) is 2.18. The summed E-state index contributed by atoms with van der Waals surface area (Å²) in [6, 6.07) is -1.43. The van der Waals surface area contributed by atoms with Crippen molar-refractivity contribution in [3.8, 4) is 0 Å². The number of amides is 2. The number of urea groups is 1. The van der Waals surface area contributed by atoms with Crippen LogP contribution < -0.4 is 5.32 Å². The van der Waals surface area contributed by atoms with Gasteiger partial charge in [0.15, 0.2) is 0 Å². The lowest BCUT2D eigenvalue weighted by Crippen LogP contribution is -2.46. The molecular formula is C11H17N5O4. The Labute approximate surface area is 115 Å². The standard InChI is InChI=1S/C11H17N5O4/c17-7-4-8(10(18)19)16(5-7)11(20)12-3-1-2-9-13-6-14-15-9/h6-8,17H,1-5H2,(H,12,20)(H,18,19)(H,13,14,15). The molecule has 0 bridgehead atoms. The molecule has 1 aliphatic heterocycles. The molecule has 20 heavy (non-hydrogen) atoms. The first kappa shape index (κ1) is 14.3. The summed E-state index contributed by atoms with van der Waals surface area (Å²) < 4.78 is 0. The monoisotopic (exact) mass is 283 g/mol. The first-order valence-electron chi connectivity index (χ1n) is 6.37. The summed E-state index contributed by atoms with van der Waals surface area (Å²) in [5.41, 5.74) is 0. The van der Waals surface area contributed by atoms with Crippen LogP contribution in [0.1, 0.15) is 18.7 Å². The zero-order valence-electron chi connectivity index (χ0n) is 10.8. The maximum atomic E-state index is 11.9. The van der Waals surface area contributed by atoms with Crippen LogP contribution in [0.2, 0.25) is 0 Å². The number of nitrogens with one attached hydrogen (secondary N) is 2. The number of aliphatic hydroxyl groups is 1. The van der Waals surface area contributed by atoms with Gasteiger partial charge in [-0.2, -0.15) is 5.10 Å². The number of carboxylic acid groups (broad SMARTS) is 1. The van der Waals surface area contributed by atoms with Gasteiger partial charge in [0, 0.05) is 25.9 Å². The molecule has 0 spiro atoms. The molecule has 2 amide bonds. The van der Waals surface area contributed by atoms with Crippen LogP contribution in [0.15, 0.2) is 6.33 Å². The molecule has 1 aromatic heterocycles. The van der Waals surface area contributed by atoms with E-state index in [0.717, 1.165) is 10.7 Å². The van der Waals surface area contributed by atoms with Crippen LogP contribution in [-0.2, 0) is 11.2 Å². The molecule has 0 radical (unpaired) electrons. The van der Waals surface area contributed by atoms with Crippen molar-refractivity contribution in [3.63, 3.8) is 0 Å². The lowest BCUT2D eigenvalue weighted by atomic mass is 10.2. The van der Waals surface area contributed by atoms with E-state index in [1.165, 1.54) is 6.33 Å². The van der Waals surface area contributed by atoms with E-state index in [9.17, 15) is 14.7 Å². The molecule has 0 aromatic carbocycles. The molecule has 2 unspecified atom stereocenters. The molecule has 1 aromatic rings. The Balaban J connectivity index is 1.75.